The molecule has 0 spiro atoms. The molecule has 0 aliphatic heterocycles. The van der Waals surface area contributed by atoms with Gasteiger partial charge < -0.3 is 15.2 Å². The van der Waals surface area contributed by atoms with Crippen LogP contribution in [0, 0.1) is 5.53 Å². The van der Waals surface area contributed by atoms with Crippen molar-refractivity contribution in [1.29, 1.82) is 5.53 Å². The van der Waals surface area contributed by atoms with Gasteiger partial charge in [0.25, 0.3) is 11.5 Å². The summed E-state index contributed by atoms with van der Waals surface area (Å²) in [6, 6.07) is 16.2. The van der Waals surface area contributed by atoms with Crippen LogP contribution in [0.4, 0.5) is 5.69 Å². The first kappa shape index (κ1) is 20.0. The number of nitrogens with zero attached hydrogens (tertiary/aromatic N) is 2. The zero-order valence-electron chi connectivity index (χ0n) is 16.4. The lowest BCUT2D eigenvalue weighted by Gasteiger charge is -2.18. The number of aromatic nitrogens is 1. The Hall–Kier alpha value is -3.74. The lowest BCUT2D eigenvalue weighted by Crippen LogP contribution is -2.30. The van der Waals surface area contributed by atoms with Gasteiger partial charge in [0, 0.05) is 36.1 Å². The Morgan fingerprint density at radius 2 is 1.90 bits per heavy atom. The number of carbonyl (C=O) groups is 1. The van der Waals surface area contributed by atoms with E-state index in [2.05, 4.69) is 15.4 Å². The summed E-state index contributed by atoms with van der Waals surface area (Å²) in [7, 11) is 0. The molecule has 0 radical (unpaired) electrons. The molecule has 0 fully saturated rings. The predicted molar refractivity (Wildman–Crippen MR) is 115 cm³/mol. The number of fused-ring (bicyclic) bond motifs is 1. The monoisotopic (exact) mass is 389 g/mol. The first-order valence-corrected chi connectivity index (χ1v) is 9.43. The van der Waals surface area contributed by atoms with Gasteiger partial charge in [-0.1, -0.05) is 24.3 Å². The number of rotatable bonds is 7. The molecule has 148 valence electrons. The molecule has 1 heterocycles. The number of hydrogen-bond donors (Lipinski definition) is 3. The molecule has 0 unspecified atom stereocenters. The molecule has 1 aromatic heterocycles. The number of H-pyrrole nitrogens is 1. The fraction of sp³-hybridized carbons (Fsp3) is 0.182. The van der Waals surface area contributed by atoms with Crippen molar-refractivity contribution in [2.75, 3.05) is 18.4 Å². The first-order chi connectivity index (χ1) is 14.1. The van der Waals surface area contributed by atoms with Crippen LogP contribution in [0.3, 0.4) is 0 Å². The quantitative estimate of drug-likeness (QED) is 0.520. The van der Waals surface area contributed by atoms with Crippen molar-refractivity contribution >= 4 is 28.2 Å². The first-order valence-electron chi connectivity index (χ1n) is 9.43. The third-order valence-corrected chi connectivity index (χ3v) is 4.69. The van der Waals surface area contributed by atoms with Crippen LogP contribution in [0.1, 0.15) is 29.8 Å². The molecule has 0 aliphatic rings. The van der Waals surface area contributed by atoms with Crippen molar-refractivity contribution in [1.82, 2.24) is 9.88 Å². The van der Waals surface area contributed by atoms with E-state index in [1.165, 1.54) is 6.20 Å². The highest BCUT2D eigenvalue weighted by molar-refractivity contribution is 5.95. The molecule has 0 atom stereocenters. The highest BCUT2D eigenvalue weighted by Crippen LogP contribution is 2.19. The summed E-state index contributed by atoms with van der Waals surface area (Å²) in [5.41, 5.74) is 9.61. The molecule has 0 saturated heterocycles. The third-order valence-electron chi connectivity index (χ3n) is 4.69. The topological polar surface area (TPSA) is 101 Å². The SMILES string of the molecule is CCN(CC)C(=O)c1cccc(N/C=C(\N=N)c2cc3ccccc3[nH]c2=O)c1. The zero-order valence-corrected chi connectivity index (χ0v) is 16.4. The molecular formula is C22H23N5O2. The van der Waals surface area contributed by atoms with Crippen molar-refractivity contribution < 1.29 is 4.79 Å². The average molecular weight is 389 g/mol. The Morgan fingerprint density at radius 3 is 2.62 bits per heavy atom. The van der Waals surface area contributed by atoms with Crippen LogP contribution in [0.15, 0.2) is 70.7 Å². The lowest BCUT2D eigenvalue weighted by atomic mass is 10.1. The second-order valence-corrected chi connectivity index (χ2v) is 6.44. The van der Waals surface area contributed by atoms with Gasteiger partial charge in [0.1, 0.15) is 5.70 Å². The Balaban J connectivity index is 1.89. The van der Waals surface area contributed by atoms with Crippen LogP contribution >= 0.6 is 0 Å². The van der Waals surface area contributed by atoms with Gasteiger partial charge in [0.15, 0.2) is 0 Å². The van der Waals surface area contributed by atoms with Crippen molar-refractivity contribution in [3.05, 3.63) is 82.3 Å². The van der Waals surface area contributed by atoms with Crippen LogP contribution in [0.25, 0.3) is 16.6 Å². The highest BCUT2D eigenvalue weighted by atomic mass is 16.2. The summed E-state index contributed by atoms with van der Waals surface area (Å²) in [6.45, 7) is 5.16. The van der Waals surface area contributed by atoms with Gasteiger partial charge in [-0.2, -0.15) is 5.11 Å². The number of hydrogen-bond acceptors (Lipinski definition) is 5. The Morgan fingerprint density at radius 1 is 1.14 bits per heavy atom. The molecule has 7 nitrogen and oxygen atoms in total. The van der Waals surface area contributed by atoms with E-state index in [1.54, 1.807) is 29.2 Å². The van der Waals surface area contributed by atoms with Crippen molar-refractivity contribution in [3.8, 4) is 0 Å². The molecule has 0 bridgehead atoms. The van der Waals surface area contributed by atoms with E-state index in [0.717, 1.165) is 10.9 Å². The summed E-state index contributed by atoms with van der Waals surface area (Å²) in [4.78, 5) is 29.5. The van der Waals surface area contributed by atoms with E-state index < -0.39 is 0 Å². The van der Waals surface area contributed by atoms with Gasteiger partial charge >= 0.3 is 0 Å². The molecule has 1 amide bonds. The largest absolute Gasteiger partial charge is 0.360 e. The minimum atomic E-state index is -0.321. The highest BCUT2D eigenvalue weighted by Gasteiger charge is 2.13. The van der Waals surface area contributed by atoms with Gasteiger partial charge in [0.2, 0.25) is 0 Å². The summed E-state index contributed by atoms with van der Waals surface area (Å²) < 4.78 is 0. The smallest absolute Gasteiger partial charge is 0.258 e. The molecular weight excluding hydrogens is 366 g/mol. The maximum Gasteiger partial charge on any atom is 0.258 e. The van der Waals surface area contributed by atoms with Gasteiger partial charge in [0.05, 0.1) is 5.56 Å². The van der Waals surface area contributed by atoms with E-state index in [0.29, 0.717) is 29.9 Å². The van der Waals surface area contributed by atoms with Crippen LogP contribution in [0.5, 0.6) is 0 Å². The number of carbonyl (C=O) groups excluding carboxylic acids is 1. The van der Waals surface area contributed by atoms with Crippen LogP contribution < -0.4 is 10.9 Å². The number of pyridine rings is 1. The summed E-state index contributed by atoms with van der Waals surface area (Å²) in [5.74, 6) is -0.0426. The lowest BCUT2D eigenvalue weighted by molar-refractivity contribution is 0.0773. The van der Waals surface area contributed by atoms with E-state index in [1.807, 2.05) is 44.2 Å². The van der Waals surface area contributed by atoms with Gasteiger partial charge in [-0.3, -0.25) is 9.59 Å². The fourth-order valence-electron chi connectivity index (χ4n) is 3.10. The standard InChI is InChI=1S/C22H23N5O2/c1-3-27(4-2)22(29)16-9-7-10-17(12-16)24-14-20(26-23)18-13-15-8-5-6-11-19(15)25-21(18)28/h5-14,23-24H,3-4H2,1-2H3,(H,25,28)/b20-14-,26-23?. The molecule has 7 heteroatoms. The Labute approximate surface area is 168 Å². The second kappa shape index (κ2) is 8.97. The van der Waals surface area contributed by atoms with E-state index in [4.69, 9.17) is 5.53 Å². The summed E-state index contributed by atoms with van der Waals surface area (Å²) in [5, 5.41) is 7.40. The van der Waals surface area contributed by atoms with Crippen LogP contribution in [-0.4, -0.2) is 28.9 Å². The normalized spacial score (nSPS) is 11.3. The van der Waals surface area contributed by atoms with E-state index >= 15 is 0 Å². The molecule has 3 rings (SSSR count). The second-order valence-electron chi connectivity index (χ2n) is 6.44. The molecule has 2 aromatic carbocycles. The van der Waals surface area contributed by atoms with Crippen molar-refractivity contribution in [2.24, 2.45) is 5.11 Å². The number of benzene rings is 2. The maximum absolute atomic E-state index is 12.5. The molecule has 3 aromatic rings. The molecule has 0 saturated carbocycles. The van der Waals surface area contributed by atoms with Gasteiger partial charge in [-0.05, 0) is 49.6 Å². The van der Waals surface area contributed by atoms with E-state index in [-0.39, 0.29) is 17.2 Å². The zero-order chi connectivity index (χ0) is 20.8. The number of aromatic amines is 1. The number of nitrogens with one attached hydrogen (secondary N) is 3. The molecule has 0 aliphatic carbocycles. The van der Waals surface area contributed by atoms with Crippen molar-refractivity contribution in [3.63, 3.8) is 0 Å². The fourth-order valence-corrected chi connectivity index (χ4v) is 3.10. The predicted octanol–water partition coefficient (Wildman–Crippen LogP) is 4.45. The maximum atomic E-state index is 12.5. The van der Waals surface area contributed by atoms with Crippen LogP contribution in [-0.2, 0) is 0 Å². The molecule has 29 heavy (non-hydrogen) atoms. The minimum absolute atomic E-state index is 0.0426. The third kappa shape index (κ3) is 4.40. The number of para-hydroxylation sites is 1. The Kier molecular flexibility index (Phi) is 6.19. The minimum Gasteiger partial charge on any atom is -0.360 e. The van der Waals surface area contributed by atoms with Crippen LogP contribution in [0.2, 0.25) is 0 Å². The number of anilines is 1. The van der Waals surface area contributed by atoms with Gasteiger partial charge in [-0.15, -0.1) is 0 Å². The average Bonchev–Trinajstić information content (AvgIpc) is 2.75. The van der Waals surface area contributed by atoms with E-state index in [9.17, 15) is 9.59 Å². The number of amides is 1. The Bertz CT molecular complexity index is 1130. The molecule has 3 N–H and O–H groups in total. The van der Waals surface area contributed by atoms with Gasteiger partial charge in [-0.25, -0.2) is 5.53 Å². The summed E-state index contributed by atoms with van der Waals surface area (Å²) in [6.07, 6.45) is 1.49. The summed E-state index contributed by atoms with van der Waals surface area (Å²) >= 11 is 0. The van der Waals surface area contributed by atoms with Crippen molar-refractivity contribution in [2.45, 2.75) is 13.8 Å².